The van der Waals surface area contributed by atoms with Gasteiger partial charge in [-0.1, -0.05) is 23.7 Å². The molecule has 18 heavy (non-hydrogen) atoms. The molecule has 1 aliphatic carbocycles. The van der Waals surface area contributed by atoms with Crippen molar-refractivity contribution in [2.75, 3.05) is 19.6 Å². The summed E-state index contributed by atoms with van der Waals surface area (Å²) in [4.78, 5) is 11.8. The molecule has 2 atom stereocenters. The zero-order valence-corrected chi connectivity index (χ0v) is 10.9. The fourth-order valence-electron chi connectivity index (χ4n) is 2.98. The molecule has 1 amide bonds. The van der Waals surface area contributed by atoms with E-state index in [2.05, 4.69) is 10.6 Å². The van der Waals surface area contributed by atoms with Crippen molar-refractivity contribution < 1.29 is 4.79 Å². The Labute approximate surface area is 112 Å². The summed E-state index contributed by atoms with van der Waals surface area (Å²) in [7, 11) is 0. The molecule has 3 rings (SSSR count). The van der Waals surface area contributed by atoms with E-state index in [9.17, 15) is 4.79 Å². The van der Waals surface area contributed by atoms with Crippen LogP contribution in [0.3, 0.4) is 0 Å². The van der Waals surface area contributed by atoms with Crippen molar-refractivity contribution in [3.8, 4) is 0 Å². The SMILES string of the molecule is O=C(Cc1cccc(Cl)c1)NCC1C2CNCC21. The van der Waals surface area contributed by atoms with Crippen LogP contribution in [0.1, 0.15) is 5.56 Å². The minimum absolute atomic E-state index is 0.0928. The lowest BCUT2D eigenvalue weighted by molar-refractivity contribution is -0.120. The van der Waals surface area contributed by atoms with Crippen LogP contribution >= 0.6 is 11.6 Å². The first-order valence-corrected chi connectivity index (χ1v) is 6.83. The zero-order chi connectivity index (χ0) is 12.5. The van der Waals surface area contributed by atoms with E-state index in [0.29, 0.717) is 17.4 Å². The Bertz CT molecular complexity index is 453. The van der Waals surface area contributed by atoms with Gasteiger partial charge in [-0.25, -0.2) is 0 Å². The maximum Gasteiger partial charge on any atom is 0.224 e. The normalized spacial score (nSPS) is 28.8. The van der Waals surface area contributed by atoms with Crippen LogP contribution in [-0.2, 0) is 11.2 Å². The molecule has 1 aromatic rings. The molecule has 4 heteroatoms. The molecule has 1 aromatic carbocycles. The van der Waals surface area contributed by atoms with Crippen molar-refractivity contribution in [3.05, 3.63) is 34.9 Å². The molecule has 2 N–H and O–H groups in total. The second-order valence-electron chi connectivity index (χ2n) is 5.26. The highest BCUT2D eigenvalue weighted by Gasteiger charge is 2.52. The minimum atomic E-state index is 0.0928. The third-order valence-corrected chi connectivity index (χ3v) is 4.29. The number of nitrogens with one attached hydrogen (secondary N) is 2. The maximum absolute atomic E-state index is 11.8. The van der Waals surface area contributed by atoms with E-state index in [1.165, 1.54) is 0 Å². The van der Waals surface area contributed by atoms with E-state index >= 15 is 0 Å². The number of carbonyl (C=O) groups excluding carboxylic acids is 1. The number of hydrogen-bond donors (Lipinski definition) is 2. The van der Waals surface area contributed by atoms with E-state index in [0.717, 1.165) is 37.0 Å². The lowest BCUT2D eigenvalue weighted by atomic mass is 10.1. The van der Waals surface area contributed by atoms with Gasteiger partial charge >= 0.3 is 0 Å². The molecule has 0 aromatic heterocycles. The topological polar surface area (TPSA) is 41.1 Å². The molecule has 0 bridgehead atoms. The highest BCUT2D eigenvalue weighted by atomic mass is 35.5. The fraction of sp³-hybridized carbons (Fsp3) is 0.500. The predicted octanol–water partition coefficient (Wildman–Crippen LogP) is 1.46. The van der Waals surface area contributed by atoms with Gasteiger partial charge in [0, 0.05) is 11.6 Å². The molecule has 1 saturated carbocycles. The molecule has 2 aliphatic rings. The summed E-state index contributed by atoms with van der Waals surface area (Å²) in [6, 6.07) is 7.47. The third kappa shape index (κ3) is 2.52. The van der Waals surface area contributed by atoms with Crippen LogP contribution < -0.4 is 10.6 Å². The van der Waals surface area contributed by atoms with Crippen LogP contribution in [0, 0.1) is 17.8 Å². The van der Waals surface area contributed by atoms with Gasteiger partial charge in [0.2, 0.25) is 5.91 Å². The lowest BCUT2D eigenvalue weighted by Crippen LogP contribution is -2.29. The standard InChI is InChI=1S/C14H17ClN2O/c15-10-3-1-2-9(4-10)5-14(18)17-8-13-11-6-16-7-12(11)13/h1-4,11-13,16H,5-8H2,(H,17,18). The molecule has 1 heterocycles. The van der Waals surface area contributed by atoms with Crippen LogP contribution in [0.25, 0.3) is 0 Å². The number of hydrogen-bond acceptors (Lipinski definition) is 2. The number of amides is 1. The fourth-order valence-corrected chi connectivity index (χ4v) is 3.19. The van der Waals surface area contributed by atoms with E-state index in [1.807, 2.05) is 24.3 Å². The number of rotatable bonds is 4. The Morgan fingerprint density at radius 3 is 2.89 bits per heavy atom. The van der Waals surface area contributed by atoms with Gasteiger partial charge in [0.1, 0.15) is 0 Å². The van der Waals surface area contributed by atoms with Crippen LogP contribution in [0.4, 0.5) is 0 Å². The van der Waals surface area contributed by atoms with Crippen molar-refractivity contribution in [1.82, 2.24) is 10.6 Å². The van der Waals surface area contributed by atoms with Crippen molar-refractivity contribution in [1.29, 1.82) is 0 Å². The number of piperidine rings is 1. The summed E-state index contributed by atoms with van der Waals surface area (Å²) in [5, 5.41) is 7.07. The van der Waals surface area contributed by atoms with Crippen LogP contribution in [0.5, 0.6) is 0 Å². The molecule has 96 valence electrons. The van der Waals surface area contributed by atoms with E-state index in [1.54, 1.807) is 0 Å². The second kappa shape index (κ2) is 4.90. The average Bonchev–Trinajstić information content (AvgIpc) is 2.78. The van der Waals surface area contributed by atoms with Gasteiger partial charge in [-0.05, 0) is 48.5 Å². The molecule has 2 fully saturated rings. The Hall–Kier alpha value is -1.06. The van der Waals surface area contributed by atoms with E-state index in [4.69, 9.17) is 11.6 Å². The average molecular weight is 265 g/mol. The van der Waals surface area contributed by atoms with Crippen LogP contribution in [0.15, 0.2) is 24.3 Å². The monoisotopic (exact) mass is 264 g/mol. The molecule has 2 unspecified atom stereocenters. The Morgan fingerprint density at radius 1 is 1.39 bits per heavy atom. The molecule has 0 radical (unpaired) electrons. The Kier molecular flexibility index (Phi) is 3.27. The number of carbonyl (C=O) groups is 1. The molecular weight excluding hydrogens is 248 g/mol. The highest BCUT2D eigenvalue weighted by Crippen LogP contribution is 2.47. The largest absolute Gasteiger partial charge is 0.356 e. The molecule has 3 nitrogen and oxygen atoms in total. The third-order valence-electron chi connectivity index (χ3n) is 4.06. The summed E-state index contributed by atoms with van der Waals surface area (Å²) >= 11 is 5.89. The molecular formula is C14H17ClN2O. The van der Waals surface area contributed by atoms with E-state index < -0.39 is 0 Å². The van der Waals surface area contributed by atoms with Gasteiger partial charge in [0.25, 0.3) is 0 Å². The van der Waals surface area contributed by atoms with Crippen molar-refractivity contribution in [2.24, 2.45) is 17.8 Å². The zero-order valence-electron chi connectivity index (χ0n) is 10.2. The van der Waals surface area contributed by atoms with Crippen LogP contribution in [-0.4, -0.2) is 25.5 Å². The van der Waals surface area contributed by atoms with Gasteiger partial charge in [-0.15, -0.1) is 0 Å². The van der Waals surface area contributed by atoms with Gasteiger partial charge in [-0.2, -0.15) is 0 Å². The number of benzene rings is 1. The summed E-state index contributed by atoms with van der Waals surface area (Å²) < 4.78 is 0. The summed E-state index contributed by atoms with van der Waals surface area (Å²) in [6.07, 6.45) is 0.418. The Morgan fingerprint density at radius 2 is 2.17 bits per heavy atom. The van der Waals surface area contributed by atoms with Crippen molar-refractivity contribution >= 4 is 17.5 Å². The first kappa shape index (κ1) is 12.0. The maximum atomic E-state index is 11.8. The molecule has 1 saturated heterocycles. The molecule has 1 aliphatic heterocycles. The lowest BCUT2D eigenvalue weighted by Gasteiger charge is -2.07. The minimum Gasteiger partial charge on any atom is -0.356 e. The quantitative estimate of drug-likeness (QED) is 0.865. The summed E-state index contributed by atoms with van der Waals surface area (Å²) in [6.45, 7) is 3.08. The Balaban J connectivity index is 1.45. The van der Waals surface area contributed by atoms with Crippen molar-refractivity contribution in [2.45, 2.75) is 6.42 Å². The van der Waals surface area contributed by atoms with E-state index in [-0.39, 0.29) is 5.91 Å². The highest BCUT2D eigenvalue weighted by molar-refractivity contribution is 6.30. The van der Waals surface area contributed by atoms with Crippen molar-refractivity contribution in [3.63, 3.8) is 0 Å². The first-order chi connectivity index (χ1) is 8.74. The van der Waals surface area contributed by atoms with Gasteiger partial charge in [-0.3, -0.25) is 4.79 Å². The summed E-state index contributed by atoms with van der Waals surface area (Å²) in [5.41, 5.74) is 0.970. The number of fused-ring (bicyclic) bond motifs is 1. The van der Waals surface area contributed by atoms with Crippen LogP contribution in [0.2, 0.25) is 5.02 Å². The second-order valence-corrected chi connectivity index (χ2v) is 5.70. The summed E-state index contributed by atoms with van der Waals surface area (Å²) in [5.74, 6) is 2.40. The number of halogens is 1. The molecule has 0 spiro atoms. The smallest absolute Gasteiger partial charge is 0.224 e. The van der Waals surface area contributed by atoms with Gasteiger partial charge in [0.15, 0.2) is 0 Å². The van der Waals surface area contributed by atoms with Gasteiger partial charge in [0.05, 0.1) is 6.42 Å². The van der Waals surface area contributed by atoms with Gasteiger partial charge < -0.3 is 10.6 Å². The first-order valence-electron chi connectivity index (χ1n) is 6.46. The predicted molar refractivity (Wildman–Crippen MR) is 71.5 cm³/mol.